The third kappa shape index (κ3) is 18.3. The fourth-order valence-electron chi connectivity index (χ4n) is 8.29. The number of aromatic hydroxyl groups is 1. The Morgan fingerprint density at radius 1 is 0.407 bits per heavy atom. The van der Waals surface area contributed by atoms with Crippen LogP contribution in [0.15, 0.2) is 35.1 Å². The molecule has 9 heteroatoms. The summed E-state index contributed by atoms with van der Waals surface area (Å²) in [6.45, 7) is 0.938. The fraction of sp³-hybridized carbons (Fsp3) is 0.800. The number of pyridine rings is 1. The van der Waals surface area contributed by atoms with Crippen LogP contribution in [0, 0.1) is 16.2 Å². The van der Waals surface area contributed by atoms with Crippen molar-refractivity contribution in [2.75, 3.05) is 39.6 Å². The van der Waals surface area contributed by atoms with Crippen LogP contribution in [0.5, 0.6) is 5.75 Å². The Labute approximate surface area is 326 Å². The van der Waals surface area contributed by atoms with E-state index in [1.165, 1.54) is 147 Å². The second kappa shape index (κ2) is 28.4. The van der Waals surface area contributed by atoms with Crippen LogP contribution in [-0.4, -0.2) is 80.4 Å². The molecule has 0 spiro atoms. The Morgan fingerprint density at radius 3 is 0.963 bits per heavy atom. The topological polar surface area (TPSA) is 174 Å². The average molecular weight is 762 g/mol. The normalized spacial score (nSPS) is 21.3. The van der Waals surface area contributed by atoms with Crippen molar-refractivity contribution >= 4 is 10.9 Å². The maximum Gasteiger partial charge on any atom is 0.248 e. The van der Waals surface area contributed by atoms with Gasteiger partial charge in [-0.15, -0.1) is 0 Å². The molecule has 9 nitrogen and oxygen atoms in total. The molecule has 0 amide bonds. The van der Waals surface area contributed by atoms with Crippen molar-refractivity contribution in [3.8, 4) is 5.75 Å². The van der Waals surface area contributed by atoms with Gasteiger partial charge in [0.05, 0.1) is 45.2 Å². The third-order valence-electron chi connectivity index (χ3n) is 12.5. The SMILES string of the molecule is O=c1ccc2cccc(O)c2[nH]1.OCC1(CO)CCCCCCCCC1.OCC1(CO)CCCCCCCCC1.OCC1(CO)CCCCCCCCC1. The second-order valence-corrected chi connectivity index (χ2v) is 16.9. The maximum absolute atomic E-state index is 10.9. The van der Waals surface area contributed by atoms with Crippen molar-refractivity contribution < 1.29 is 35.7 Å². The van der Waals surface area contributed by atoms with E-state index in [1.54, 1.807) is 12.1 Å². The predicted molar refractivity (Wildman–Crippen MR) is 221 cm³/mol. The molecular formula is C45H79NO8. The molecule has 0 unspecified atom stereocenters. The molecule has 54 heavy (non-hydrogen) atoms. The number of aliphatic hydroxyl groups excluding tert-OH is 6. The fourth-order valence-corrected chi connectivity index (χ4v) is 8.29. The summed E-state index contributed by atoms with van der Waals surface area (Å²) in [4.78, 5) is 13.4. The quantitative estimate of drug-likeness (QED) is 0.144. The molecule has 3 fully saturated rings. The highest BCUT2D eigenvalue weighted by atomic mass is 16.3. The van der Waals surface area contributed by atoms with E-state index in [0.717, 1.165) is 43.9 Å². The molecule has 1 aromatic heterocycles. The van der Waals surface area contributed by atoms with Gasteiger partial charge in [-0.25, -0.2) is 0 Å². The highest BCUT2D eigenvalue weighted by Gasteiger charge is 2.29. The lowest BCUT2D eigenvalue weighted by atomic mass is 9.78. The van der Waals surface area contributed by atoms with E-state index in [9.17, 15) is 40.5 Å². The zero-order valence-electron chi connectivity index (χ0n) is 33.8. The molecule has 5 rings (SSSR count). The first-order valence-corrected chi connectivity index (χ1v) is 21.7. The van der Waals surface area contributed by atoms with Gasteiger partial charge in [-0.3, -0.25) is 4.79 Å². The van der Waals surface area contributed by atoms with Crippen LogP contribution in [0.25, 0.3) is 10.9 Å². The zero-order valence-corrected chi connectivity index (χ0v) is 33.8. The summed E-state index contributed by atoms with van der Waals surface area (Å²) >= 11 is 0. The molecule has 0 radical (unpaired) electrons. The number of nitrogens with one attached hydrogen (secondary N) is 1. The monoisotopic (exact) mass is 762 g/mol. The van der Waals surface area contributed by atoms with Gasteiger partial charge >= 0.3 is 0 Å². The molecule has 1 heterocycles. The van der Waals surface area contributed by atoms with Gasteiger partial charge in [-0.05, 0) is 50.7 Å². The molecule has 0 aliphatic heterocycles. The summed E-state index contributed by atoms with van der Waals surface area (Å²) in [5.74, 6) is 0.102. The number of rotatable bonds is 6. The van der Waals surface area contributed by atoms with E-state index in [-0.39, 0.29) is 67.2 Å². The van der Waals surface area contributed by atoms with Crippen molar-refractivity contribution in [1.29, 1.82) is 0 Å². The van der Waals surface area contributed by atoms with Crippen LogP contribution in [0.4, 0.5) is 0 Å². The lowest BCUT2D eigenvalue weighted by Gasteiger charge is -2.30. The van der Waals surface area contributed by atoms with Gasteiger partial charge in [-0.2, -0.15) is 0 Å². The molecule has 8 N–H and O–H groups in total. The van der Waals surface area contributed by atoms with Gasteiger partial charge in [0.1, 0.15) is 5.75 Å². The zero-order chi connectivity index (χ0) is 39.4. The summed E-state index contributed by atoms with van der Waals surface area (Å²) in [6.07, 6.45) is 32.7. The summed E-state index contributed by atoms with van der Waals surface area (Å²) in [5.41, 5.74) is -0.222. The van der Waals surface area contributed by atoms with Crippen LogP contribution >= 0.6 is 0 Å². The standard InChI is InChI=1S/3C12H24O2.C9H7NO2/c3*13-10-12(11-14)8-6-4-2-1-3-5-7-9-12;11-7-3-1-2-6-4-5-8(12)10-9(6)7/h3*13-14H,1-11H2;1-5,11H,(H,10,12). The van der Waals surface area contributed by atoms with Crippen LogP contribution in [-0.2, 0) is 0 Å². The van der Waals surface area contributed by atoms with E-state index in [1.807, 2.05) is 6.07 Å². The smallest absolute Gasteiger partial charge is 0.248 e. The minimum absolute atomic E-state index is 0.102. The Kier molecular flexibility index (Phi) is 25.3. The van der Waals surface area contributed by atoms with Crippen LogP contribution < -0.4 is 5.56 Å². The number of benzene rings is 1. The Balaban J connectivity index is 0.000000249. The van der Waals surface area contributed by atoms with Crippen LogP contribution in [0.1, 0.15) is 173 Å². The predicted octanol–water partition coefficient (Wildman–Crippen LogP) is 8.68. The molecule has 0 bridgehead atoms. The number of aliphatic hydroxyl groups is 6. The lowest BCUT2D eigenvalue weighted by molar-refractivity contribution is 0.0343. The Bertz CT molecular complexity index is 1140. The van der Waals surface area contributed by atoms with Crippen molar-refractivity contribution in [3.63, 3.8) is 0 Å². The molecule has 3 saturated carbocycles. The Morgan fingerprint density at radius 2 is 0.685 bits per heavy atom. The number of aromatic amines is 1. The van der Waals surface area contributed by atoms with E-state index >= 15 is 0 Å². The van der Waals surface area contributed by atoms with Gasteiger partial charge < -0.3 is 40.7 Å². The van der Waals surface area contributed by atoms with Crippen LogP contribution in [0.2, 0.25) is 0 Å². The van der Waals surface area contributed by atoms with Gasteiger partial charge in [0.2, 0.25) is 5.56 Å². The highest BCUT2D eigenvalue weighted by Crippen LogP contribution is 2.34. The first-order chi connectivity index (χ1) is 26.3. The number of fused-ring (bicyclic) bond motifs is 1. The van der Waals surface area contributed by atoms with Gasteiger partial charge in [0, 0.05) is 27.7 Å². The molecule has 0 atom stereocenters. The van der Waals surface area contributed by atoms with Crippen LogP contribution in [0.3, 0.4) is 0 Å². The van der Waals surface area contributed by atoms with Gasteiger partial charge in [-0.1, -0.05) is 147 Å². The molecule has 1 aromatic carbocycles. The van der Waals surface area contributed by atoms with Crippen molar-refractivity contribution in [2.45, 2.75) is 173 Å². The van der Waals surface area contributed by atoms with E-state index in [0.29, 0.717) is 5.52 Å². The molecule has 3 aliphatic rings. The number of aromatic nitrogens is 1. The Hall–Kier alpha value is -2.01. The van der Waals surface area contributed by atoms with Gasteiger partial charge in [0.25, 0.3) is 0 Å². The molecule has 0 saturated heterocycles. The maximum atomic E-state index is 10.9. The number of H-pyrrole nitrogens is 1. The molecule has 312 valence electrons. The molecule has 3 aliphatic carbocycles. The van der Waals surface area contributed by atoms with E-state index in [2.05, 4.69) is 4.98 Å². The third-order valence-corrected chi connectivity index (χ3v) is 12.5. The molecule has 2 aromatic rings. The summed E-state index contributed by atoms with van der Waals surface area (Å²) in [7, 11) is 0. The largest absolute Gasteiger partial charge is 0.506 e. The minimum Gasteiger partial charge on any atom is -0.506 e. The average Bonchev–Trinajstić information content (AvgIpc) is 3.22. The number of hydrogen-bond donors (Lipinski definition) is 8. The number of phenolic OH excluding ortho intramolecular Hbond substituents is 1. The van der Waals surface area contributed by atoms with Gasteiger partial charge in [0.15, 0.2) is 0 Å². The number of hydrogen-bond acceptors (Lipinski definition) is 8. The minimum atomic E-state index is -0.205. The van der Waals surface area contributed by atoms with Crippen molar-refractivity contribution in [1.82, 2.24) is 4.98 Å². The first-order valence-electron chi connectivity index (χ1n) is 21.7. The van der Waals surface area contributed by atoms with Crippen molar-refractivity contribution in [2.24, 2.45) is 16.2 Å². The first kappa shape index (κ1) is 48.1. The summed E-state index contributed by atoms with van der Waals surface area (Å²) in [6, 6.07) is 8.20. The summed E-state index contributed by atoms with van der Waals surface area (Å²) in [5, 5.41) is 66.3. The molecular weight excluding hydrogens is 682 g/mol. The van der Waals surface area contributed by atoms with E-state index in [4.69, 9.17) is 0 Å². The van der Waals surface area contributed by atoms with E-state index < -0.39 is 0 Å². The number of para-hydroxylation sites is 1. The number of phenols is 1. The highest BCUT2D eigenvalue weighted by molar-refractivity contribution is 5.83. The second-order valence-electron chi connectivity index (χ2n) is 16.9. The lowest BCUT2D eigenvalue weighted by Crippen LogP contribution is -2.30. The summed E-state index contributed by atoms with van der Waals surface area (Å²) < 4.78 is 0. The van der Waals surface area contributed by atoms with Crippen molar-refractivity contribution in [3.05, 3.63) is 40.7 Å².